The van der Waals surface area contributed by atoms with Crippen LogP contribution in [0.5, 0.6) is 5.75 Å². The Kier molecular flexibility index (Phi) is 5.37. The van der Waals surface area contributed by atoms with Crippen molar-refractivity contribution in [3.8, 4) is 5.75 Å². The summed E-state index contributed by atoms with van der Waals surface area (Å²) >= 11 is 5.91. The van der Waals surface area contributed by atoms with Crippen LogP contribution < -0.4 is 4.74 Å². The lowest BCUT2D eigenvalue weighted by Gasteiger charge is -2.17. The summed E-state index contributed by atoms with van der Waals surface area (Å²) in [6, 6.07) is 14.8. The molecule has 0 fully saturated rings. The monoisotopic (exact) mass is 303 g/mol. The predicted molar refractivity (Wildman–Crippen MR) is 85.1 cm³/mol. The van der Waals surface area contributed by atoms with Gasteiger partial charge in [-0.25, -0.2) is 0 Å². The Morgan fingerprint density at radius 2 is 1.95 bits per heavy atom. The molecule has 110 valence electrons. The number of ketones is 1. The van der Waals surface area contributed by atoms with E-state index in [9.17, 15) is 4.79 Å². The number of Topliss-reactive ketones (excluding diaryl/α,β-unsaturated/α-hetero) is 1. The van der Waals surface area contributed by atoms with E-state index < -0.39 is 0 Å². The molecule has 0 bridgehead atoms. The molecule has 0 N–H and O–H groups in total. The molecule has 2 aromatic carbocycles. The van der Waals surface area contributed by atoms with Crippen molar-refractivity contribution in [3.63, 3.8) is 0 Å². The number of benzene rings is 2. The summed E-state index contributed by atoms with van der Waals surface area (Å²) in [7, 11) is 3.56. The average molecular weight is 304 g/mol. The Morgan fingerprint density at radius 1 is 1.19 bits per heavy atom. The highest BCUT2D eigenvalue weighted by molar-refractivity contribution is 6.31. The highest BCUT2D eigenvalue weighted by atomic mass is 35.5. The lowest BCUT2D eigenvalue weighted by Crippen LogP contribution is -2.25. The van der Waals surface area contributed by atoms with E-state index in [2.05, 4.69) is 0 Å². The van der Waals surface area contributed by atoms with Crippen LogP contribution in [0.15, 0.2) is 48.5 Å². The fourth-order valence-electron chi connectivity index (χ4n) is 2.18. The molecule has 3 nitrogen and oxygen atoms in total. The molecule has 0 aromatic heterocycles. The van der Waals surface area contributed by atoms with Crippen molar-refractivity contribution in [2.75, 3.05) is 20.7 Å². The third kappa shape index (κ3) is 4.31. The Morgan fingerprint density at radius 3 is 2.67 bits per heavy atom. The van der Waals surface area contributed by atoms with Crippen molar-refractivity contribution < 1.29 is 9.53 Å². The van der Waals surface area contributed by atoms with E-state index in [1.807, 2.05) is 36.2 Å². The maximum Gasteiger partial charge on any atom is 0.176 e. The largest absolute Gasteiger partial charge is 0.496 e. The minimum atomic E-state index is 0.0508. The molecule has 4 heteroatoms. The number of halogens is 1. The van der Waals surface area contributed by atoms with Crippen LogP contribution in [0.4, 0.5) is 0 Å². The molecule has 0 aliphatic carbocycles. The van der Waals surface area contributed by atoms with Gasteiger partial charge in [-0.05, 0) is 25.2 Å². The van der Waals surface area contributed by atoms with Crippen molar-refractivity contribution in [1.82, 2.24) is 4.90 Å². The number of carbonyl (C=O) groups is 1. The van der Waals surface area contributed by atoms with Gasteiger partial charge in [-0.1, -0.05) is 41.9 Å². The number of likely N-dealkylation sites (N-methyl/N-ethyl adjacent to an activating group) is 1. The second-order valence-corrected chi connectivity index (χ2v) is 5.35. The number of carbonyl (C=O) groups excluding carboxylic acids is 1. The van der Waals surface area contributed by atoms with Crippen LogP contribution in [-0.2, 0) is 6.54 Å². The maximum absolute atomic E-state index is 12.2. The predicted octanol–water partition coefficient (Wildman–Crippen LogP) is 3.66. The fourth-order valence-corrected chi connectivity index (χ4v) is 2.37. The number of ether oxygens (including phenoxy) is 1. The van der Waals surface area contributed by atoms with E-state index in [-0.39, 0.29) is 5.78 Å². The van der Waals surface area contributed by atoms with Gasteiger partial charge in [0.15, 0.2) is 5.78 Å². The van der Waals surface area contributed by atoms with Gasteiger partial charge in [0.05, 0.1) is 13.7 Å². The molecule has 0 atom stereocenters. The van der Waals surface area contributed by atoms with Crippen LogP contribution in [-0.4, -0.2) is 31.4 Å². The summed E-state index contributed by atoms with van der Waals surface area (Å²) in [5.74, 6) is 0.884. The summed E-state index contributed by atoms with van der Waals surface area (Å²) in [6.07, 6.45) is 0. The fraction of sp³-hybridized carbons (Fsp3) is 0.235. The number of hydrogen-bond acceptors (Lipinski definition) is 3. The zero-order chi connectivity index (χ0) is 15.2. The highest BCUT2D eigenvalue weighted by Gasteiger charge is 2.11. The van der Waals surface area contributed by atoms with Crippen LogP contribution in [0.1, 0.15) is 15.9 Å². The Balaban J connectivity index is 2.01. The van der Waals surface area contributed by atoms with Gasteiger partial charge >= 0.3 is 0 Å². The topological polar surface area (TPSA) is 29.5 Å². The highest BCUT2D eigenvalue weighted by Crippen LogP contribution is 2.19. The molecule has 2 aromatic rings. The third-order valence-electron chi connectivity index (χ3n) is 3.19. The number of para-hydroxylation sites is 1. The molecule has 0 heterocycles. The summed E-state index contributed by atoms with van der Waals surface area (Å²) < 4.78 is 5.32. The normalized spacial score (nSPS) is 10.7. The Hall–Kier alpha value is -1.84. The number of rotatable bonds is 6. The molecular formula is C17H18ClNO2. The van der Waals surface area contributed by atoms with Crippen molar-refractivity contribution in [2.45, 2.75) is 6.54 Å². The van der Waals surface area contributed by atoms with Crippen molar-refractivity contribution in [3.05, 3.63) is 64.7 Å². The SMILES string of the molecule is COc1ccccc1CN(C)CC(=O)c1cccc(Cl)c1. The second-order valence-electron chi connectivity index (χ2n) is 4.92. The zero-order valence-corrected chi connectivity index (χ0v) is 12.9. The molecule has 0 aliphatic rings. The van der Waals surface area contributed by atoms with Gasteiger partial charge in [0.25, 0.3) is 0 Å². The molecule has 0 spiro atoms. The Labute approximate surface area is 130 Å². The molecule has 0 unspecified atom stereocenters. The molecule has 0 radical (unpaired) electrons. The van der Waals surface area contributed by atoms with Crippen molar-refractivity contribution >= 4 is 17.4 Å². The van der Waals surface area contributed by atoms with Gasteiger partial charge in [-0.3, -0.25) is 9.69 Å². The van der Waals surface area contributed by atoms with E-state index in [4.69, 9.17) is 16.3 Å². The van der Waals surface area contributed by atoms with Crippen molar-refractivity contribution in [2.24, 2.45) is 0 Å². The summed E-state index contributed by atoms with van der Waals surface area (Å²) in [5.41, 5.74) is 1.69. The molecule has 0 saturated heterocycles. The van der Waals surface area contributed by atoms with E-state index >= 15 is 0 Å². The lowest BCUT2D eigenvalue weighted by molar-refractivity contribution is 0.0942. The van der Waals surface area contributed by atoms with Gasteiger partial charge < -0.3 is 4.74 Å². The first kappa shape index (κ1) is 15.5. The van der Waals surface area contributed by atoms with Crippen LogP contribution >= 0.6 is 11.6 Å². The van der Waals surface area contributed by atoms with E-state index in [1.165, 1.54) is 0 Å². The molecule has 0 saturated carbocycles. The van der Waals surface area contributed by atoms with Gasteiger partial charge in [0.2, 0.25) is 0 Å². The molecule has 21 heavy (non-hydrogen) atoms. The first-order valence-corrected chi connectivity index (χ1v) is 7.07. The van der Waals surface area contributed by atoms with Crippen LogP contribution in [0, 0.1) is 0 Å². The maximum atomic E-state index is 12.2. The van der Waals surface area contributed by atoms with Gasteiger partial charge in [-0.2, -0.15) is 0 Å². The Bertz CT molecular complexity index is 628. The van der Waals surface area contributed by atoms with Gasteiger partial charge in [0.1, 0.15) is 5.75 Å². The lowest BCUT2D eigenvalue weighted by atomic mass is 10.1. The van der Waals surface area contributed by atoms with E-state index in [1.54, 1.807) is 31.4 Å². The molecule has 2 rings (SSSR count). The quantitative estimate of drug-likeness (QED) is 0.763. The minimum Gasteiger partial charge on any atom is -0.496 e. The van der Waals surface area contributed by atoms with Gasteiger partial charge in [0, 0.05) is 22.7 Å². The number of nitrogens with zero attached hydrogens (tertiary/aromatic N) is 1. The first-order chi connectivity index (χ1) is 10.1. The van der Waals surface area contributed by atoms with E-state index in [0.717, 1.165) is 11.3 Å². The third-order valence-corrected chi connectivity index (χ3v) is 3.43. The first-order valence-electron chi connectivity index (χ1n) is 6.69. The standard InChI is InChI=1S/C17H18ClNO2/c1-19(11-14-6-3-4-9-17(14)21-2)12-16(20)13-7-5-8-15(18)10-13/h3-10H,11-12H2,1-2H3. The number of hydrogen-bond donors (Lipinski definition) is 0. The van der Waals surface area contributed by atoms with Gasteiger partial charge in [-0.15, -0.1) is 0 Å². The number of methoxy groups -OCH3 is 1. The average Bonchev–Trinajstić information content (AvgIpc) is 2.47. The molecule has 0 amide bonds. The molecule has 0 aliphatic heterocycles. The van der Waals surface area contributed by atoms with Crippen LogP contribution in [0.3, 0.4) is 0 Å². The van der Waals surface area contributed by atoms with Crippen molar-refractivity contribution in [1.29, 1.82) is 0 Å². The smallest absolute Gasteiger partial charge is 0.176 e. The molecular weight excluding hydrogens is 286 g/mol. The second kappa shape index (κ2) is 7.25. The zero-order valence-electron chi connectivity index (χ0n) is 12.2. The van der Waals surface area contributed by atoms with Crippen LogP contribution in [0.2, 0.25) is 5.02 Å². The summed E-state index contributed by atoms with van der Waals surface area (Å²) in [4.78, 5) is 14.2. The minimum absolute atomic E-state index is 0.0508. The van der Waals surface area contributed by atoms with E-state index in [0.29, 0.717) is 23.7 Å². The van der Waals surface area contributed by atoms with Crippen LogP contribution in [0.25, 0.3) is 0 Å². The summed E-state index contributed by atoms with van der Waals surface area (Å²) in [6.45, 7) is 0.981. The summed E-state index contributed by atoms with van der Waals surface area (Å²) in [5, 5.41) is 0.577.